The second-order valence-electron chi connectivity index (χ2n) is 2.13. The smallest absolute Gasteiger partial charge is 0.0561 e. The van der Waals surface area contributed by atoms with E-state index in [1.165, 1.54) is 0 Å². The minimum absolute atomic E-state index is 0.303. The van der Waals surface area contributed by atoms with Crippen molar-refractivity contribution < 1.29 is 16.4 Å². The van der Waals surface area contributed by atoms with Crippen molar-refractivity contribution in [3.63, 3.8) is 0 Å². The van der Waals surface area contributed by atoms with Gasteiger partial charge in [-0.2, -0.15) is 0 Å². The summed E-state index contributed by atoms with van der Waals surface area (Å²) < 4.78 is 91.9. The van der Waals surface area contributed by atoms with Gasteiger partial charge in [-0.05, 0) is 29.1 Å². The van der Waals surface area contributed by atoms with Crippen molar-refractivity contribution in [3.05, 3.63) is 32.6 Å². The molecule has 0 fully saturated rings. The summed E-state index contributed by atoms with van der Waals surface area (Å²) in [5, 5.41) is 0. The van der Waals surface area contributed by atoms with Crippen LogP contribution in [-0.2, 0) is 5.41 Å². The van der Waals surface area contributed by atoms with Gasteiger partial charge in [0.15, 0.2) is 0 Å². The second kappa shape index (κ2) is 3.51. The van der Waals surface area contributed by atoms with Crippen LogP contribution in [0, 0.1) is 0 Å². The molecule has 0 bridgehead atoms. The minimum atomic E-state index is -3.57. The lowest BCUT2D eigenvalue weighted by molar-refractivity contribution is 0.589. The third-order valence-corrected chi connectivity index (χ3v) is 1.86. The van der Waals surface area contributed by atoms with E-state index in [2.05, 4.69) is 31.9 Å². The molecule has 0 amide bonds. The van der Waals surface area contributed by atoms with Crippen molar-refractivity contribution in [1.82, 2.24) is 0 Å². The van der Waals surface area contributed by atoms with Crippen LogP contribution in [0.5, 0.6) is 0 Å². The van der Waals surface area contributed by atoms with E-state index in [9.17, 15) is 0 Å². The Morgan fingerprint density at radius 1 is 1.17 bits per heavy atom. The highest BCUT2D eigenvalue weighted by Crippen LogP contribution is 2.28. The molecule has 0 aliphatic rings. The maximum absolute atomic E-state index is 8.01. The normalized spacial score (nSPS) is 29.5. The average Bonchev–Trinajstić information content (AvgIpc) is 2.34. The molecule has 0 saturated carbocycles. The van der Waals surface area contributed by atoms with Gasteiger partial charge in [0.1, 0.15) is 0 Å². The third kappa shape index (κ3) is 2.60. The number of hydrogen-bond acceptors (Lipinski definition) is 0. The first-order valence-electron chi connectivity index (χ1n) is 8.88. The molecule has 0 N–H and O–H groups in total. The Morgan fingerprint density at radius 2 is 1.67 bits per heavy atom. The molecule has 0 radical (unpaired) electrons. The number of halogens is 2. The Kier molecular flexibility index (Phi) is 0.761. The molecule has 0 spiro atoms. The van der Waals surface area contributed by atoms with Gasteiger partial charge in [-0.3, -0.25) is 0 Å². The summed E-state index contributed by atoms with van der Waals surface area (Å²) in [6.45, 7) is -10.7. The van der Waals surface area contributed by atoms with Crippen LogP contribution in [0.15, 0.2) is 27.1 Å². The monoisotopic (exact) mass is 302 g/mol. The number of benzene rings is 1. The fourth-order valence-electron chi connectivity index (χ4n) is 0.597. The molecule has 0 unspecified atom stereocenters. The number of hydrogen-bond donors (Lipinski definition) is 0. The highest BCUT2D eigenvalue weighted by molar-refractivity contribution is 9.11. The van der Waals surface area contributed by atoms with Gasteiger partial charge in [0.25, 0.3) is 0 Å². The zero-order valence-electron chi connectivity index (χ0n) is 17.8. The highest BCUT2D eigenvalue weighted by Gasteiger charge is 2.14. The van der Waals surface area contributed by atoms with Crippen molar-refractivity contribution >= 4 is 31.9 Å². The van der Waals surface area contributed by atoms with Crippen LogP contribution >= 0.6 is 31.9 Å². The molecule has 1 aromatic carbocycles. The molecule has 12 heavy (non-hydrogen) atoms. The zero-order valence-corrected chi connectivity index (χ0v) is 8.93. The summed E-state index contributed by atoms with van der Waals surface area (Å²) in [7, 11) is 0. The second-order valence-corrected chi connectivity index (χ2v) is 3.71. The van der Waals surface area contributed by atoms with E-state index in [4.69, 9.17) is 16.4 Å². The minimum Gasteiger partial charge on any atom is -0.0561 e. The van der Waals surface area contributed by atoms with Crippen LogP contribution in [0.25, 0.3) is 0 Å². The summed E-state index contributed by atoms with van der Waals surface area (Å²) >= 11 is 5.74. The van der Waals surface area contributed by atoms with Crippen molar-refractivity contribution in [2.45, 2.75) is 26.0 Å². The van der Waals surface area contributed by atoms with E-state index in [0.29, 0.717) is 0 Å². The van der Waals surface area contributed by atoms with Crippen LogP contribution in [0.2, 0.25) is 0 Å². The van der Waals surface area contributed by atoms with Gasteiger partial charge in [0.05, 0.1) is 4.11 Å². The van der Waals surface area contributed by atoms with E-state index >= 15 is 0 Å². The van der Waals surface area contributed by atoms with Gasteiger partial charge in [-0.25, -0.2) is 0 Å². The van der Waals surface area contributed by atoms with Crippen LogP contribution in [0.3, 0.4) is 0 Å². The van der Waals surface area contributed by atoms with Crippen molar-refractivity contribution in [1.29, 1.82) is 0 Å². The number of rotatable bonds is 0. The van der Waals surface area contributed by atoms with Gasteiger partial charge >= 0.3 is 0 Å². The molecule has 0 aliphatic heterocycles. The van der Waals surface area contributed by atoms with Crippen LogP contribution in [-0.4, -0.2) is 0 Å². The Bertz CT molecular complexity index is 589. The molecule has 0 heterocycles. The predicted octanol–water partition coefficient (Wildman–Crippen LogP) is 4.51. The largest absolute Gasteiger partial charge is 0.0647 e. The Morgan fingerprint density at radius 3 is 2.08 bits per heavy atom. The molecule has 0 saturated heterocycles. The molecule has 1 rings (SSSR count). The first-order valence-corrected chi connectivity index (χ1v) is 4.46. The molecule has 1 aromatic rings. The quantitative estimate of drug-likeness (QED) is 0.661. The first-order chi connectivity index (χ1) is 10.4. The van der Waals surface area contributed by atoms with Crippen molar-refractivity contribution in [2.75, 3.05) is 0 Å². The fourth-order valence-corrected chi connectivity index (χ4v) is 1.66. The highest BCUT2D eigenvalue weighted by atomic mass is 79.9. The van der Waals surface area contributed by atoms with Gasteiger partial charge in [-0.15, -0.1) is 0 Å². The summed E-state index contributed by atoms with van der Waals surface area (Å²) in [4.78, 5) is 0. The standard InChI is InChI=1S/C10H12Br2/c1-10(2,3)7-4-8(11)6-9(12)5-7/h4-6H,1-3H3/i1D3,2D3,3D3,4D,5D,6D. The molecule has 0 atom stereocenters. The molecular formula is C10H12Br2. The van der Waals surface area contributed by atoms with E-state index in [1.54, 1.807) is 0 Å². The van der Waals surface area contributed by atoms with E-state index in [0.717, 1.165) is 0 Å². The molecule has 2 heteroatoms. The van der Waals surface area contributed by atoms with Crippen molar-refractivity contribution in [2.24, 2.45) is 0 Å². The van der Waals surface area contributed by atoms with Gasteiger partial charge < -0.3 is 0 Å². The first kappa shape index (κ1) is 2.60. The lowest BCUT2D eigenvalue weighted by Crippen LogP contribution is -2.10. The Balaban J connectivity index is 4.27. The SMILES string of the molecule is [2H]c1c(Br)c([2H])c(C(C([2H])([2H])[2H])(C([2H])([2H])[2H])C([2H])([2H])[2H])c([2H])c1Br. The maximum Gasteiger partial charge on any atom is 0.0647 e. The van der Waals surface area contributed by atoms with Gasteiger partial charge in [0.2, 0.25) is 0 Å². The van der Waals surface area contributed by atoms with Crippen molar-refractivity contribution in [3.8, 4) is 0 Å². The summed E-state index contributed by atoms with van der Waals surface area (Å²) in [6.07, 6.45) is 0. The lowest BCUT2D eigenvalue weighted by atomic mass is 9.87. The van der Waals surface area contributed by atoms with Crippen LogP contribution < -0.4 is 0 Å². The Labute approximate surface area is 107 Å². The fraction of sp³-hybridized carbons (Fsp3) is 0.400. The van der Waals surface area contributed by atoms with E-state index in [-0.39, 0.29) is 15.0 Å². The zero-order chi connectivity index (χ0) is 19.5. The molecule has 66 valence electrons. The Hall–Kier alpha value is 0.180. The maximum atomic E-state index is 8.01. The molecule has 0 aromatic heterocycles. The summed E-state index contributed by atoms with van der Waals surface area (Å²) in [6, 6.07) is -2.03. The average molecular weight is 304 g/mol. The van der Waals surface area contributed by atoms with E-state index in [1.807, 2.05) is 0 Å². The van der Waals surface area contributed by atoms with Crippen LogP contribution in [0.1, 0.15) is 42.6 Å². The van der Waals surface area contributed by atoms with Crippen LogP contribution in [0.4, 0.5) is 0 Å². The lowest BCUT2D eigenvalue weighted by Gasteiger charge is -2.19. The predicted molar refractivity (Wildman–Crippen MR) is 60.5 cm³/mol. The molecular weight excluding hydrogens is 280 g/mol. The van der Waals surface area contributed by atoms with Gasteiger partial charge in [0, 0.05) is 21.3 Å². The third-order valence-electron chi connectivity index (χ3n) is 1.06. The van der Waals surface area contributed by atoms with Gasteiger partial charge in [-0.1, -0.05) is 52.4 Å². The van der Waals surface area contributed by atoms with E-state index < -0.39 is 43.6 Å². The molecule has 0 aliphatic carbocycles. The topological polar surface area (TPSA) is 0 Å². The summed E-state index contributed by atoms with van der Waals surface area (Å²) in [5.74, 6) is 0. The summed E-state index contributed by atoms with van der Waals surface area (Å²) in [5.41, 5.74) is -4.43. The molecule has 0 nitrogen and oxygen atoms in total.